The minimum absolute atomic E-state index is 0.0342. The third-order valence-electron chi connectivity index (χ3n) is 4.50. The Balaban J connectivity index is 2.04. The van der Waals surface area contributed by atoms with Gasteiger partial charge in [0.2, 0.25) is 0 Å². The summed E-state index contributed by atoms with van der Waals surface area (Å²) in [6, 6.07) is 9.97. The standard InChI is InChI=1S/C20H14F2N2O3/c21-6-7-24-10-15(14-9-12(22)4-5-16(14)24)18-17(19(26)23-20(18)27)11-2-1-3-13(25)8-11/h1-5,8-10,25H,6-7H2,(H,23,26,27). The Morgan fingerprint density at radius 1 is 1.04 bits per heavy atom. The van der Waals surface area contributed by atoms with E-state index < -0.39 is 24.3 Å². The Bertz CT molecular complexity index is 1130. The van der Waals surface area contributed by atoms with E-state index in [9.17, 15) is 23.5 Å². The van der Waals surface area contributed by atoms with Crippen LogP contribution in [0.15, 0.2) is 48.7 Å². The van der Waals surface area contributed by atoms with Crippen molar-refractivity contribution in [2.45, 2.75) is 6.54 Å². The van der Waals surface area contributed by atoms with Gasteiger partial charge in [-0.25, -0.2) is 8.78 Å². The maximum absolute atomic E-state index is 13.8. The second-order valence-corrected chi connectivity index (χ2v) is 6.17. The van der Waals surface area contributed by atoms with Crippen LogP contribution in [0.3, 0.4) is 0 Å². The molecule has 1 aromatic heterocycles. The molecule has 0 radical (unpaired) electrons. The number of fused-ring (bicyclic) bond motifs is 1. The second kappa shape index (κ2) is 6.35. The van der Waals surface area contributed by atoms with Gasteiger partial charge in [-0.1, -0.05) is 12.1 Å². The Labute approximate surface area is 152 Å². The maximum atomic E-state index is 13.8. The number of benzene rings is 2. The number of nitrogens with zero attached hydrogens (tertiary/aromatic N) is 1. The molecule has 1 aliphatic rings. The van der Waals surface area contributed by atoms with Crippen molar-refractivity contribution >= 4 is 33.9 Å². The van der Waals surface area contributed by atoms with Gasteiger partial charge in [-0.05, 0) is 35.9 Å². The first-order valence-corrected chi connectivity index (χ1v) is 8.23. The van der Waals surface area contributed by atoms with Gasteiger partial charge in [-0.15, -0.1) is 0 Å². The third kappa shape index (κ3) is 2.77. The number of alkyl halides is 1. The zero-order chi connectivity index (χ0) is 19.1. The highest BCUT2D eigenvalue weighted by atomic mass is 19.1. The Morgan fingerprint density at radius 2 is 1.81 bits per heavy atom. The van der Waals surface area contributed by atoms with E-state index in [2.05, 4.69) is 5.32 Å². The summed E-state index contributed by atoms with van der Waals surface area (Å²) in [5.41, 5.74) is 1.40. The molecule has 0 saturated heterocycles. The average molecular weight is 368 g/mol. The summed E-state index contributed by atoms with van der Waals surface area (Å²) >= 11 is 0. The molecule has 2 N–H and O–H groups in total. The normalized spacial score (nSPS) is 14.3. The van der Waals surface area contributed by atoms with Crippen molar-refractivity contribution in [2.75, 3.05) is 6.67 Å². The second-order valence-electron chi connectivity index (χ2n) is 6.17. The summed E-state index contributed by atoms with van der Waals surface area (Å²) in [4.78, 5) is 24.9. The van der Waals surface area contributed by atoms with Gasteiger partial charge in [-0.3, -0.25) is 14.9 Å². The van der Waals surface area contributed by atoms with E-state index >= 15 is 0 Å². The zero-order valence-corrected chi connectivity index (χ0v) is 14.0. The number of nitrogens with one attached hydrogen (secondary N) is 1. The maximum Gasteiger partial charge on any atom is 0.259 e. The molecule has 5 nitrogen and oxygen atoms in total. The first-order chi connectivity index (χ1) is 13.0. The van der Waals surface area contributed by atoms with Gasteiger partial charge >= 0.3 is 0 Å². The number of aromatic hydroxyl groups is 1. The lowest BCUT2D eigenvalue weighted by Crippen LogP contribution is -2.22. The molecule has 27 heavy (non-hydrogen) atoms. The zero-order valence-electron chi connectivity index (χ0n) is 14.0. The topological polar surface area (TPSA) is 71.3 Å². The van der Waals surface area contributed by atoms with Crippen LogP contribution in [0.1, 0.15) is 11.1 Å². The molecule has 2 heterocycles. The number of rotatable bonds is 4. The smallest absolute Gasteiger partial charge is 0.259 e. The highest BCUT2D eigenvalue weighted by Gasteiger charge is 2.34. The Hall–Kier alpha value is -3.48. The summed E-state index contributed by atoms with van der Waals surface area (Å²) < 4.78 is 28.4. The van der Waals surface area contributed by atoms with Gasteiger partial charge < -0.3 is 9.67 Å². The molecule has 0 atom stereocenters. The van der Waals surface area contributed by atoms with Gasteiger partial charge in [0.25, 0.3) is 11.8 Å². The number of phenolic OH excluding ortho intramolecular Hbond substituents is 1. The van der Waals surface area contributed by atoms with E-state index in [1.54, 1.807) is 22.9 Å². The molecular formula is C20H14F2N2O3. The predicted molar refractivity (Wildman–Crippen MR) is 95.9 cm³/mol. The molecule has 0 bridgehead atoms. The van der Waals surface area contributed by atoms with Crippen LogP contribution in [0.2, 0.25) is 0 Å². The molecule has 3 aromatic rings. The number of imide groups is 1. The summed E-state index contributed by atoms with van der Waals surface area (Å²) in [7, 11) is 0. The quantitative estimate of drug-likeness (QED) is 0.696. The van der Waals surface area contributed by atoms with Crippen LogP contribution < -0.4 is 5.32 Å². The van der Waals surface area contributed by atoms with Gasteiger partial charge in [0.1, 0.15) is 18.2 Å². The van der Waals surface area contributed by atoms with Crippen molar-refractivity contribution in [1.82, 2.24) is 9.88 Å². The van der Waals surface area contributed by atoms with Crippen LogP contribution >= 0.6 is 0 Å². The van der Waals surface area contributed by atoms with Gasteiger partial charge in [-0.2, -0.15) is 0 Å². The van der Waals surface area contributed by atoms with Crippen molar-refractivity contribution in [3.05, 3.63) is 65.6 Å². The molecule has 2 amide bonds. The minimum atomic E-state index is -0.635. The fourth-order valence-electron chi connectivity index (χ4n) is 3.39. The number of aryl methyl sites for hydroxylation is 1. The summed E-state index contributed by atoms with van der Waals surface area (Å²) in [5, 5.41) is 12.4. The van der Waals surface area contributed by atoms with Crippen LogP contribution in [0.5, 0.6) is 5.75 Å². The summed E-state index contributed by atoms with van der Waals surface area (Å²) in [6.45, 7) is -0.601. The van der Waals surface area contributed by atoms with Crippen molar-refractivity contribution in [3.8, 4) is 5.75 Å². The first-order valence-electron chi connectivity index (χ1n) is 8.23. The molecule has 2 aromatic carbocycles. The van der Waals surface area contributed by atoms with Gasteiger partial charge in [0.05, 0.1) is 17.7 Å². The van der Waals surface area contributed by atoms with Crippen molar-refractivity contribution in [2.24, 2.45) is 0 Å². The first kappa shape index (κ1) is 17.0. The predicted octanol–water partition coefficient (Wildman–Crippen LogP) is 3.02. The van der Waals surface area contributed by atoms with E-state index in [1.807, 2.05) is 0 Å². The molecule has 4 rings (SSSR count). The number of halogens is 2. The highest BCUT2D eigenvalue weighted by Crippen LogP contribution is 2.36. The van der Waals surface area contributed by atoms with E-state index in [1.165, 1.54) is 30.3 Å². The lowest BCUT2D eigenvalue weighted by atomic mass is 9.96. The number of hydrogen-bond donors (Lipinski definition) is 2. The average Bonchev–Trinajstić information content (AvgIpc) is 3.11. The Morgan fingerprint density at radius 3 is 2.56 bits per heavy atom. The van der Waals surface area contributed by atoms with Crippen LogP contribution in [-0.2, 0) is 16.1 Å². The minimum Gasteiger partial charge on any atom is -0.508 e. The lowest BCUT2D eigenvalue weighted by Gasteiger charge is -2.04. The van der Waals surface area contributed by atoms with E-state index in [0.29, 0.717) is 22.0 Å². The van der Waals surface area contributed by atoms with Gasteiger partial charge in [0, 0.05) is 22.7 Å². The van der Waals surface area contributed by atoms with E-state index in [0.717, 1.165) is 0 Å². The fraction of sp³-hybridized carbons (Fsp3) is 0.100. The molecule has 136 valence electrons. The largest absolute Gasteiger partial charge is 0.508 e. The van der Waals surface area contributed by atoms with Crippen LogP contribution in [-0.4, -0.2) is 28.2 Å². The summed E-state index contributed by atoms with van der Waals surface area (Å²) in [5.74, 6) is -1.80. The van der Waals surface area contributed by atoms with Crippen molar-refractivity contribution < 1.29 is 23.5 Å². The van der Waals surface area contributed by atoms with E-state index in [-0.39, 0.29) is 23.4 Å². The van der Waals surface area contributed by atoms with Crippen LogP contribution in [0.4, 0.5) is 8.78 Å². The molecule has 0 unspecified atom stereocenters. The highest BCUT2D eigenvalue weighted by molar-refractivity contribution is 6.50. The summed E-state index contributed by atoms with van der Waals surface area (Å²) in [6.07, 6.45) is 1.54. The molecule has 0 aliphatic carbocycles. The van der Waals surface area contributed by atoms with Crippen molar-refractivity contribution in [3.63, 3.8) is 0 Å². The molecule has 7 heteroatoms. The molecule has 0 saturated carbocycles. The van der Waals surface area contributed by atoms with E-state index in [4.69, 9.17) is 0 Å². The SMILES string of the molecule is O=C1NC(=O)C(c2cn(CCF)c3ccc(F)cc23)=C1c1cccc(O)c1. The van der Waals surface area contributed by atoms with Crippen molar-refractivity contribution in [1.29, 1.82) is 0 Å². The molecular weight excluding hydrogens is 354 g/mol. The molecule has 0 spiro atoms. The van der Waals surface area contributed by atoms with Crippen LogP contribution in [0.25, 0.3) is 22.0 Å². The lowest BCUT2D eigenvalue weighted by molar-refractivity contribution is -0.122. The third-order valence-corrected chi connectivity index (χ3v) is 4.50. The Kier molecular flexibility index (Phi) is 3.99. The van der Waals surface area contributed by atoms with Gasteiger partial charge in [0.15, 0.2) is 0 Å². The van der Waals surface area contributed by atoms with Crippen LogP contribution in [0, 0.1) is 5.82 Å². The number of amides is 2. The monoisotopic (exact) mass is 368 g/mol. The number of aromatic nitrogens is 1. The number of carbonyl (C=O) groups excluding carboxylic acids is 2. The fourth-order valence-corrected chi connectivity index (χ4v) is 3.39. The molecule has 1 aliphatic heterocycles. The number of phenols is 1. The number of hydrogen-bond acceptors (Lipinski definition) is 3. The number of carbonyl (C=O) groups is 2. The molecule has 0 fully saturated rings.